The summed E-state index contributed by atoms with van der Waals surface area (Å²) in [6.07, 6.45) is 5.20. The Balaban J connectivity index is 2.03. The molecule has 2 fully saturated rings. The van der Waals surface area contributed by atoms with Gasteiger partial charge >= 0.3 is 0 Å². The molecule has 0 saturated carbocycles. The number of hydrogen-bond acceptors (Lipinski definition) is 3. The zero-order chi connectivity index (χ0) is 14.6. The number of carbonyl (C=O) groups excluding carboxylic acids is 2. The van der Waals surface area contributed by atoms with Crippen molar-refractivity contribution >= 4 is 11.8 Å². The summed E-state index contributed by atoms with van der Waals surface area (Å²) in [5.41, 5.74) is -0.696. The molecule has 20 heavy (non-hydrogen) atoms. The SMILES string of the molecule is CCC[C@]1(C)C(=O)NCCN1C(=O)C[C@H]1CCCCO1. The van der Waals surface area contributed by atoms with Gasteiger partial charge in [-0.25, -0.2) is 0 Å². The number of piperazine rings is 1. The molecule has 0 aromatic carbocycles. The van der Waals surface area contributed by atoms with Gasteiger partial charge in [0.05, 0.1) is 12.5 Å². The Morgan fingerprint density at radius 3 is 2.95 bits per heavy atom. The molecular weight excluding hydrogens is 256 g/mol. The van der Waals surface area contributed by atoms with Crippen LogP contribution in [-0.4, -0.2) is 48.1 Å². The summed E-state index contributed by atoms with van der Waals surface area (Å²) >= 11 is 0. The van der Waals surface area contributed by atoms with Crippen molar-refractivity contribution in [1.29, 1.82) is 0 Å². The molecule has 5 nitrogen and oxygen atoms in total. The zero-order valence-corrected chi connectivity index (χ0v) is 12.6. The lowest BCUT2D eigenvalue weighted by atomic mass is 9.90. The number of carbonyl (C=O) groups is 2. The van der Waals surface area contributed by atoms with E-state index in [2.05, 4.69) is 5.32 Å². The normalized spacial score (nSPS) is 31.0. The molecule has 2 saturated heterocycles. The van der Waals surface area contributed by atoms with Crippen molar-refractivity contribution in [3.05, 3.63) is 0 Å². The summed E-state index contributed by atoms with van der Waals surface area (Å²) in [5.74, 6) is 0.0335. The standard InChI is InChI=1S/C15H26N2O3/c1-3-7-15(2)14(19)16-8-9-17(15)13(18)11-12-6-4-5-10-20-12/h12H,3-11H2,1-2H3,(H,16,19)/t12-,15-/m1/s1. The van der Waals surface area contributed by atoms with Gasteiger partial charge in [0.25, 0.3) is 0 Å². The fourth-order valence-electron chi connectivity index (χ4n) is 3.25. The van der Waals surface area contributed by atoms with Crippen LogP contribution >= 0.6 is 0 Å². The molecule has 0 aromatic heterocycles. The highest BCUT2D eigenvalue weighted by atomic mass is 16.5. The number of nitrogens with one attached hydrogen (secondary N) is 1. The molecule has 2 amide bonds. The molecule has 0 spiro atoms. The molecule has 2 rings (SSSR count). The summed E-state index contributed by atoms with van der Waals surface area (Å²) in [5, 5.41) is 2.88. The van der Waals surface area contributed by atoms with E-state index in [1.165, 1.54) is 0 Å². The molecule has 2 heterocycles. The smallest absolute Gasteiger partial charge is 0.245 e. The lowest BCUT2D eigenvalue weighted by Crippen LogP contribution is -2.65. The summed E-state index contributed by atoms with van der Waals surface area (Å²) in [6.45, 7) is 5.83. The third kappa shape index (κ3) is 3.14. The van der Waals surface area contributed by atoms with E-state index in [-0.39, 0.29) is 17.9 Å². The maximum atomic E-state index is 12.6. The molecule has 5 heteroatoms. The largest absolute Gasteiger partial charge is 0.378 e. The van der Waals surface area contributed by atoms with Crippen LogP contribution < -0.4 is 5.32 Å². The Bertz CT molecular complexity index is 366. The Labute approximate surface area is 121 Å². The van der Waals surface area contributed by atoms with Crippen LogP contribution in [0.5, 0.6) is 0 Å². The first-order valence-corrected chi connectivity index (χ1v) is 7.78. The summed E-state index contributed by atoms with van der Waals surface area (Å²) < 4.78 is 5.65. The van der Waals surface area contributed by atoms with E-state index in [1.54, 1.807) is 4.90 Å². The van der Waals surface area contributed by atoms with Crippen LogP contribution in [-0.2, 0) is 14.3 Å². The lowest BCUT2D eigenvalue weighted by Gasteiger charge is -2.44. The predicted molar refractivity (Wildman–Crippen MR) is 76.2 cm³/mol. The third-order valence-corrected chi connectivity index (χ3v) is 4.42. The second-order valence-corrected chi connectivity index (χ2v) is 6.02. The van der Waals surface area contributed by atoms with Gasteiger partial charge in [-0.2, -0.15) is 0 Å². The monoisotopic (exact) mass is 282 g/mol. The molecule has 0 aliphatic carbocycles. The van der Waals surface area contributed by atoms with Gasteiger partial charge in [-0.05, 0) is 32.6 Å². The van der Waals surface area contributed by atoms with E-state index in [0.29, 0.717) is 25.9 Å². The van der Waals surface area contributed by atoms with Crippen molar-refractivity contribution < 1.29 is 14.3 Å². The highest BCUT2D eigenvalue weighted by Crippen LogP contribution is 2.26. The van der Waals surface area contributed by atoms with Gasteiger partial charge in [-0.3, -0.25) is 9.59 Å². The second kappa shape index (κ2) is 6.57. The Morgan fingerprint density at radius 2 is 2.30 bits per heavy atom. The van der Waals surface area contributed by atoms with Crippen molar-refractivity contribution in [3.63, 3.8) is 0 Å². The lowest BCUT2D eigenvalue weighted by molar-refractivity contribution is -0.153. The van der Waals surface area contributed by atoms with Gasteiger partial charge in [-0.1, -0.05) is 13.3 Å². The van der Waals surface area contributed by atoms with Gasteiger partial charge in [0, 0.05) is 19.7 Å². The van der Waals surface area contributed by atoms with Gasteiger partial charge in [0.15, 0.2) is 0 Å². The van der Waals surface area contributed by atoms with E-state index in [1.807, 2.05) is 13.8 Å². The molecule has 2 atom stereocenters. The van der Waals surface area contributed by atoms with Crippen LogP contribution in [0.25, 0.3) is 0 Å². The fourth-order valence-corrected chi connectivity index (χ4v) is 3.25. The average Bonchev–Trinajstić information content (AvgIpc) is 2.43. The van der Waals surface area contributed by atoms with Crippen molar-refractivity contribution in [1.82, 2.24) is 10.2 Å². The first kappa shape index (κ1) is 15.3. The molecule has 0 radical (unpaired) electrons. The van der Waals surface area contributed by atoms with Crippen LogP contribution in [0.15, 0.2) is 0 Å². The first-order chi connectivity index (χ1) is 9.58. The van der Waals surface area contributed by atoms with Crippen molar-refractivity contribution in [3.8, 4) is 0 Å². The zero-order valence-electron chi connectivity index (χ0n) is 12.6. The van der Waals surface area contributed by atoms with E-state index in [0.717, 1.165) is 32.3 Å². The minimum atomic E-state index is -0.696. The summed E-state index contributed by atoms with van der Waals surface area (Å²) in [4.78, 5) is 26.5. The molecule has 1 N–H and O–H groups in total. The van der Waals surface area contributed by atoms with Crippen LogP contribution in [0.1, 0.15) is 52.4 Å². The van der Waals surface area contributed by atoms with Crippen LogP contribution in [0, 0.1) is 0 Å². The topological polar surface area (TPSA) is 58.6 Å². The van der Waals surface area contributed by atoms with E-state index in [4.69, 9.17) is 4.74 Å². The number of rotatable bonds is 4. The van der Waals surface area contributed by atoms with Gasteiger partial charge in [-0.15, -0.1) is 0 Å². The quantitative estimate of drug-likeness (QED) is 0.849. The highest BCUT2D eigenvalue weighted by Gasteiger charge is 2.43. The van der Waals surface area contributed by atoms with Gasteiger partial charge in [0.1, 0.15) is 5.54 Å². The Hall–Kier alpha value is -1.10. The molecule has 2 aliphatic rings. The number of hydrogen-bond donors (Lipinski definition) is 1. The van der Waals surface area contributed by atoms with E-state index >= 15 is 0 Å². The molecule has 114 valence electrons. The van der Waals surface area contributed by atoms with Crippen LogP contribution in [0.2, 0.25) is 0 Å². The third-order valence-electron chi connectivity index (χ3n) is 4.42. The maximum absolute atomic E-state index is 12.6. The van der Waals surface area contributed by atoms with E-state index in [9.17, 15) is 9.59 Å². The average molecular weight is 282 g/mol. The number of amides is 2. The fraction of sp³-hybridized carbons (Fsp3) is 0.867. The number of ether oxygens (including phenoxy) is 1. The Kier molecular flexibility index (Phi) is 5.02. The summed E-state index contributed by atoms with van der Waals surface area (Å²) in [7, 11) is 0. The molecule has 0 aromatic rings. The van der Waals surface area contributed by atoms with E-state index < -0.39 is 5.54 Å². The van der Waals surface area contributed by atoms with Crippen LogP contribution in [0.4, 0.5) is 0 Å². The predicted octanol–water partition coefficient (Wildman–Crippen LogP) is 1.46. The molecular formula is C15H26N2O3. The summed E-state index contributed by atoms with van der Waals surface area (Å²) in [6, 6.07) is 0. The molecule has 0 bridgehead atoms. The van der Waals surface area contributed by atoms with Crippen molar-refractivity contribution in [2.75, 3.05) is 19.7 Å². The maximum Gasteiger partial charge on any atom is 0.245 e. The van der Waals surface area contributed by atoms with Gasteiger partial charge < -0.3 is 15.0 Å². The molecule has 2 aliphatic heterocycles. The highest BCUT2D eigenvalue weighted by molar-refractivity contribution is 5.92. The van der Waals surface area contributed by atoms with Crippen molar-refractivity contribution in [2.24, 2.45) is 0 Å². The first-order valence-electron chi connectivity index (χ1n) is 7.78. The number of nitrogens with zero attached hydrogens (tertiary/aromatic N) is 1. The second-order valence-electron chi connectivity index (χ2n) is 6.02. The molecule has 0 unspecified atom stereocenters. The Morgan fingerprint density at radius 1 is 1.50 bits per heavy atom. The minimum absolute atomic E-state index is 0.0245. The van der Waals surface area contributed by atoms with Crippen molar-refractivity contribution in [2.45, 2.75) is 64.0 Å². The van der Waals surface area contributed by atoms with Gasteiger partial charge in [0.2, 0.25) is 11.8 Å². The van der Waals surface area contributed by atoms with Crippen LogP contribution in [0.3, 0.4) is 0 Å². The minimum Gasteiger partial charge on any atom is -0.378 e.